The van der Waals surface area contributed by atoms with Gasteiger partial charge in [-0.3, -0.25) is 14.0 Å². The van der Waals surface area contributed by atoms with E-state index in [9.17, 15) is 5.11 Å². The molecule has 0 saturated carbocycles. The van der Waals surface area contributed by atoms with Gasteiger partial charge in [0.05, 0.1) is 19.8 Å². The van der Waals surface area contributed by atoms with Crippen LogP contribution in [0.25, 0.3) is 0 Å². The third kappa shape index (κ3) is 31.5. The zero-order valence-electron chi connectivity index (χ0n) is 20.8. The summed E-state index contributed by atoms with van der Waals surface area (Å²) in [7, 11) is -4.67. The number of hydrogen-bond donors (Lipinski definition) is 5. The van der Waals surface area contributed by atoms with Crippen LogP contribution in [0, 0.1) is 0 Å². The number of aliphatic hydroxyl groups excluding tert-OH is 3. The van der Waals surface area contributed by atoms with Crippen molar-refractivity contribution >= 4 is 10.4 Å². The van der Waals surface area contributed by atoms with Crippen LogP contribution in [0.2, 0.25) is 0 Å². The lowest BCUT2D eigenvalue weighted by atomic mass is 10.0. The molecule has 0 heterocycles. The van der Waals surface area contributed by atoms with Gasteiger partial charge in [0.1, 0.15) is 0 Å². The van der Waals surface area contributed by atoms with Gasteiger partial charge in [0, 0.05) is 19.1 Å². The van der Waals surface area contributed by atoms with Gasteiger partial charge in [-0.15, -0.1) is 0 Å². The second-order valence-electron chi connectivity index (χ2n) is 8.49. The molecule has 9 heteroatoms. The van der Waals surface area contributed by atoms with Crippen LogP contribution in [-0.2, 0) is 10.4 Å². The van der Waals surface area contributed by atoms with Crippen molar-refractivity contribution in [1.82, 2.24) is 4.90 Å². The van der Waals surface area contributed by atoms with Crippen molar-refractivity contribution in [3.63, 3.8) is 0 Å². The van der Waals surface area contributed by atoms with Crippen LogP contribution in [0.4, 0.5) is 0 Å². The average molecular weight is 498 g/mol. The standard InChI is InChI=1S/C24H49NO3.H2O4S/c1-2-3-4-5-6-7-8-9-10-11-12-13-14-15-16-17-18-24(23-28)25(19-21-26)20-22-27;1-5(2,3)4/h9-10,24,26-28H,2-8,11-23H2,1H3;(H2,1,2,3,4)/b10-9-;. The Balaban J connectivity index is 0. The minimum absolute atomic E-state index is 0.0658. The highest BCUT2D eigenvalue weighted by atomic mass is 32.3. The summed E-state index contributed by atoms with van der Waals surface area (Å²) < 4.78 is 31.6. The Bertz CT molecular complexity index is 501. The van der Waals surface area contributed by atoms with Gasteiger partial charge in [-0.1, -0.05) is 83.3 Å². The van der Waals surface area contributed by atoms with Crippen LogP contribution in [0.15, 0.2) is 12.2 Å². The van der Waals surface area contributed by atoms with Crippen LogP contribution >= 0.6 is 0 Å². The molecule has 0 radical (unpaired) electrons. The van der Waals surface area contributed by atoms with Crippen LogP contribution in [0.3, 0.4) is 0 Å². The van der Waals surface area contributed by atoms with Crippen molar-refractivity contribution in [2.75, 3.05) is 32.9 Å². The molecule has 0 spiro atoms. The zero-order valence-corrected chi connectivity index (χ0v) is 21.6. The van der Waals surface area contributed by atoms with Gasteiger partial charge in [-0.25, -0.2) is 0 Å². The molecule has 5 N–H and O–H groups in total. The molecule has 0 amide bonds. The van der Waals surface area contributed by atoms with Crippen molar-refractivity contribution in [2.24, 2.45) is 0 Å². The van der Waals surface area contributed by atoms with E-state index in [0.717, 1.165) is 12.8 Å². The molecule has 1 atom stereocenters. The lowest BCUT2D eigenvalue weighted by Crippen LogP contribution is -2.41. The molecule has 0 aliphatic heterocycles. The van der Waals surface area contributed by atoms with Gasteiger partial charge in [-0.2, -0.15) is 8.42 Å². The van der Waals surface area contributed by atoms with E-state index in [4.69, 9.17) is 27.7 Å². The van der Waals surface area contributed by atoms with E-state index in [1.807, 2.05) is 4.90 Å². The second kappa shape index (κ2) is 26.1. The van der Waals surface area contributed by atoms with E-state index >= 15 is 0 Å². The van der Waals surface area contributed by atoms with Gasteiger partial charge in [-0.05, 0) is 32.1 Å². The highest BCUT2D eigenvalue weighted by Crippen LogP contribution is 2.13. The Hall–Kier alpha value is -0.550. The van der Waals surface area contributed by atoms with Crippen molar-refractivity contribution in [1.29, 1.82) is 0 Å². The Labute approximate surface area is 202 Å². The lowest BCUT2D eigenvalue weighted by molar-refractivity contribution is 0.0781. The van der Waals surface area contributed by atoms with Gasteiger partial charge in [0.25, 0.3) is 0 Å². The molecule has 0 aromatic heterocycles. The average Bonchev–Trinajstić information content (AvgIpc) is 2.75. The smallest absolute Gasteiger partial charge is 0.394 e. The topological polar surface area (TPSA) is 139 Å². The molecule has 8 nitrogen and oxygen atoms in total. The molecule has 33 heavy (non-hydrogen) atoms. The van der Waals surface area contributed by atoms with E-state index in [2.05, 4.69) is 19.1 Å². The Morgan fingerprint density at radius 2 is 1.09 bits per heavy atom. The maximum atomic E-state index is 9.56. The monoisotopic (exact) mass is 497 g/mol. The number of allylic oxidation sites excluding steroid dienone is 2. The summed E-state index contributed by atoms with van der Waals surface area (Å²) in [5, 5.41) is 27.8. The van der Waals surface area contributed by atoms with E-state index in [0.29, 0.717) is 13.1 Å². The molecule has 1 unspecified atom stereocenters. The third-order valence-electron chi connectivity index (χ3n) is 5.55. The maximum Gasteiger partial charge on any atom is 0.394 e. The normalized spacial score (nSPS) is 12.8. The number of unbranched alkanes of at least 4 members (excludes halogenated alkanes) is 12. The van der Waals surface area contributed by atoms with Gasteiger partial charge >= 0.3 is 10.4 Å². The van der Waals surface area contributed by atoms with Crippen molar-refractivity contribution in [3.05, 3.63) is 12.2 Å². The van der Waals surface area contributed by atoms with E-state index < -0.39 is 10.4 Å². The fourth-order valence-electron chi connectivity index (χ4n) is 3.75. The number of nitrogens with zero attached hydrogens (tertiary/aromatic N) is 1. The van der Waals surface area contributed by atoms with E-state index in [-0.39, 0.29) is 25.9 Å². The molecule has 0 aromatic rings. The fourth-order valence-corrected chi connectivity index (χ4v) is 3.75. The lowest BCUT2D eigenvalue weighted by Gasteiger charge is -2.29. The predicted octanol–water partition coefficient (Wildman–Crippen LogP) is 4.41. The number of hydrogen-bond acceptors (Lipinski definition) is 6. The number of aliphatic hydroxyl groups is 3. The van der Waals surface area contributed by atoms with Crippen LogP contribution in [-0.4, -0.2) is 76.7 Å². The number of rotatable bonds is 22. The van der Waals surface area contributed by atoms with Crippen molar-refractivity contribution < 1.29 is 32.8 Å². The SMILES string of the molecule is CCCCCCCC/C=C\CCCCCCCCC(CO)N(CCO)CCO.O=S(=O)(O)O. The molecule has 200 valence electrons. The summed E-state index contributed by atoms with van der Waals surface area (Å²) in [6.45, 7) is 3.57. The summed E-state index contributed by atoms with van der Waals surface area (Å²) in [4.78, 5) is 2.00. The first kappa shape index (κ1) is 34.6. The summed E-state index contributed by atoms with van der Waals surface area (Å²) in [6.07, 6.45) is 23.9. The highest BCUT2D eigenvalue weighted by molar-refractivity contribution is 7.79. The van der Waals surface area contributed by atoms with Gasteiger partial charge < -0.3 is 15.3 Å². The molecule has 0 aliphatic carbocycles. The first-order valence-electron chi connectivity index (χ1n) is 12.7. The van der Waals surface area contributed by atoms with Crippen molar-refractivity contribution in [2.45, 2.75) is 109 Å². The van der Waals surface area contributed by atoms with E-state index in [1.165, 1.54) is 83.5 Å². The summed E-state index contributed by atoms with van der Waals surface area (Å²) in [6, 6.07) is 0.0658. The van der Waals surface area contributed by atoms with Gasteiger partial charge in [0.2, 0.25) is 0 Å². The molecule has 0 aromatic carbocycles. The Kier molecular flexibility index (Phi) is 27.3. The molecule has 0 aliphatic rings. The third-order valence-corrected chi connectivity index (χ3v) is 5.55. The second-order valence-corrected chi connectivity index (χ2v) is 9.39. The van der Waals surface area contributed by atoms with Crippen LogP contribution in [0.5, 0.6) is 0 Å². The first-order chi connectivity index (χ1) is 15.8. The van der Waals surface area contributed by atoms with Crippen LogP contribution < -0.4 is 0 Å². The fraction of sp³-hybridized carbons (Fsp3) is 0.917. The summed E-state index contributed by atoms with van der Waals surface area (Å²) >= 11 is 0. The highest BCUT2D eigenvalue weighted by Gasteiger charge is 2.16. The molecule has 0 rings (SSSR count). The molecular formula is C24H51NO7S. The van der Waals surface area contributed by atoms with Crippen LogP contribution in [0.1, 0.15) is 103 Å². The quantitative estimate of drug-likeness (QED) is 0.0842. The van der Waals surface area contributed by atoms with E-state index in [1.54, 1.807) is 0 Å². The maximum absolute atomic E-state index is 9.56. The largest absolute Gasteiger partial charge is 0.395 e. The minimum atomic E-state index is -4.67. The first-order valence-corrected chi connectivity index (χ1v) is 14.1. The Morgan fingerprint density at radius 1 is 0.697 bits per heavy atom. The molecule has 0 fully saturated rings. The molecule has 0 saturated heterocycles. The summed E-state index contributed by atoms with van der Waals surface area (Å²) in [5.74, 6) is 0. The zero-order chi connectivity index (χ0) is 25.2. The molecule has 0 bridgehead atoms. The summed E-state index contributed by atoms with van der Waals surface area (Å²) in [5.41, 5.74) is 0. The van der Waals surface area contributed by atoms with Gasteiger partial charge in [0.15, 0.2) is 0 Å². The Morgan fingerprint density at radius 3 is 1.48 bits per heavy atom. The predicted molar refractivity (Wildman–Crippen MR) is 135 cm³/mol. The minimum Gasteiger partial charge on any atom is -0.395 e. The molecular weight excluding hydrogens is 446 g/mol. The van der Waals surface area contributed by atoms with Crippen molar-refractivity contribution in [3.8, 4) is 0 Å².